The largest absolute Gasteiger partial charge is 0.354 e. The van der Waals surface area contributed by atoms with Crippen LogP contribution in [0.1, 0.15) is 5.56 Å². The van der Waals surface area contributed by atoms with E-state index in [1.54, 1.807) is 0 Å². The lowest BCUT2D eigenvalue weighted by Gasteiger charge is -2.27. The first-order valence-corrected chi connectivity index (χ1v) is 7.40. The summed E-state index contributed by atoms with van der Waals surface area (Å²) in [7, 11) is 0. The second-order valence-electron chi connectivity index (χ2n) is 5.40. The lowest BCUT2D eigenvalue weighted by Crippen LogP contribution is -2.45. The number of aromatic nitrogens is 2. The van der Waals surface area contributed by atoms with Gasteiger partial charge in [0.1, 0.15) is 0 Å². The molecule has 6 heteroatoms. The molecule has 0 atom stereocenters. The first kappa shape index (κ1) is 14.0. The Balaban J connectivity index is 1.68. The Bertz CT molecular complexity index is 675. The molecule has 0 unspecified atom stereocenters. The summed E-state index contributed by atoms with van der Waals surface area (Å²) < 4.78 is 0. The zero-order valence-corrected chi connectivity index (χ0v) is 12.3. The third-order valence-corrected chi connectivity index (χ3v) is 3.87. The molecule has 21 heavy (non-hydrogen) atoms. The van der Waals surface area contributed by atoms with Gasteiger partial charge in [-0.1, -0.05) is 12.1 Å². The van der Waals surface area contributed by atoms with Crippen LogP contribution in [0.5, 0.6) is 0 Å². The highest BCUT2D eigenvalue weighted by molar-refractivity contribution is 5.81. The molecule has 3 N–H and O–H groups in total. The number of rotatable bonds is 4. The van der Waals surface area contributed by atoms with Crippen LogP contribution in [-0.2, 0) is 0 Å². The Morgan fingerprint density at radius 3 is 2.95 bits per heavy atom. The van der Waals surface area contributed by atoms with Gasteiger partial charge < -0.3 is 10.6 Å². The molecule has 0 bridgehead atoms. The van der Waals surface area contributed by atoms with Gasteiger partial charge in [-0.05, 0) is 18.6 Å². The second kappa shape index (κ2) is 6.24. The van der Waals surface area contributed by atoms with E-state index in [4.69, 9.17) is 0 Å². The Hall–Kier alpha value is -1.92. The molecule has 1 fully saturated rings. The summed E-state index contributed by atoms with van der Waals surface area (Å²) in [6.45, 7) is 7.90. The number of nitrogens with zero attached hydrogens (tertiary/aromatic N) is 2. The molecule has 0 saturated carbocycles. The third kappa shape index (κ3) is 3.22. The van der Waals surface area contributed by atoms with E-state index in [-0.39, 0.29) is 5.56 Å². The van der Waals surface area contributed by atoms with Crippen LogP contribution in [0.4, 0.5) is 5.95 Å². The van der Waals surface area contributed by atoms with Gasteiger partial charge in [0.05, 0.1) is 10.9 Å². The lowest BCUT2D eigenvalue weighted by molar-refractivity contribution is 0.249. The monoisotopic (exact) mass is 287 g/mol. The standard InChI is InChI=1S/C15H21N5O/c1-11-3-2-4-12-13(11)14(21)19-15(18-12)17-7-10-20-8-5-16-6-9-20/h2-4,16H,5-10H2,1H3,(H2,17,18,19,21). The fraction of sp³-hybridized carbons (Fsp3) is 0.467. The van der Waals surface area contributed by atoms with E-state index >= 15 is 0 Å². The van der Waals surface area contributed by atoms with E-state index in [0.717, 1.165) is 50.3 Å². The topological polar surface area (TPSA) is 73.1 Å². The van der Waals surface area contributed by atoms with E-state index in [9.17, 15) is 4.79 Å². The van der Waals surface area contributed by atoms with E-state index in [1.165, 1.54) is 0 Å². The minimum Gasteiger partial charge on any atom is -0.354 e. The Morgan fingerprint density at radius 2 is 2.14 bits per heavy atom. The molecule has 3 rings (SSSR count). The molecule has 1 aromatic heterocycles. The van der Waals surface area contributed by atoms with Gasteiger partial charge in [0.2, 0.25) is 5.95 Å². The van der Waals surface area contributed by atoms with Crippen LogP contribution in [0.15, 0.2) is 23.0 Å². The van der Waals surface area contributed by atoms with Crippen molar-refractivity contribution < 1.29 is 0 Å². The molecule has 1 aliphatic rings. The molecular weight excluding hydrogens is 266 g/mol. The molecule has 1 aromatic carbocycles. The summed E-state index contributed by atoms with van der Waals surface area (Å²) in [5.41, 5.74) is 1.61. The molecule has 0 radical (unpaired) electrons. The molecule has 2 heterocycles. The van der Waals surface area contributed by atoms with Crippen molar-refractivity contribution in [2.24, 2.45) is 0 Å². The van der Waals surface area contributed by atoms with Crippen LogP contribution in [0.25, 0.3) is 10.9 Å². The average molecular weight is 287 g/mol. The number of aryl methyl sites for hydroxylation is 1. The van der Waals surface area contributed by atoms with E-state index in [2.05, 4.69) is 25.5 Å². The smallest absolute Gasteiger partial charge is 0.260 e. The Labute approximate surface area is 123 Å². The SMILES string of the molecule is Cc1cccc2nc(NCCN3CCNCC3)[nH]c(=O)c12. The minimum absolute atomic E-state index is 0.0808. The molecule has 0 amide bonds. The molecule has 0 aliphatic carbocycles. The van der Waals surface area contributed by atoms with Crippen molar-refractivity contribution in [3.63, 3.8) is 0 Å². The van der Waals surface area contributed by atoms with Gasteiger partial charge in [-0.3, -0.25) is 14.7 Å². The number of piperazine rings is 1. The third-order valence-electron chi connectivity index (χ3n) is 3.87. The highest BCUT2D eigenvalue weighted by Crippen LogP contribution is 2.12. The maximum Gasteiger partial charge on any atom is 0.260 e. The fourth-order valence-electron chi connectivity index (χ4n) is 2.71. The van der Waals surface area contributed by atoms with Gasteiger partial charge in [0.25, 0.3) is 5.56 Å². The molecular formula is C15H21N5O. The van der Waals surface area contributed by atoms with Crippen LogP contribution in [0.3, 0.4) is 0 Å². The molecule has 2 aromatic rings. The molecule has 1 aliphatic heterocycles. The van der Waals surface area contributed by atoms with Crippen molar-refractivity contribution in [2.45, 2.75) is 6.92 Å². The van der Waals surface area contributed by atoms with Gasteiger partial charge in [-0.2, -0.15) is 0 Å². The summed E-state index contributed by atoms with van der Waals surface area (Å²) >= 11 is 0. The number of nitrogens with one attached hydrogen (secondary N) is 3. The van der Waals surface area contributed by atoms with Crippen molar-refractivity contribution in [1.82, 2.24) is 20.2 Å². The summed E-state index contributed by atoms with van der Waals surface area (Å²) in [5.74, 6) is 0.549. The van der Waals surface area contributed by atoms with Crippen molar-refractivity contribution in [2.75, 3.05) is 44.6 Å². The first-order valence-electron chi connectivity index (χ1n) is 7.40. The van der Waals surface area contributed by atoms with Gasteiger partial charge in [-0.15, -0.1) is 0 Å². The second-order valence-corrected chi connectivity index (χ2v) is 5.40. The highest BCUT2D eigenvalue weighted by atomic mass is 16.1. The van der Waals surface area contributed by atoms with Crippen molar-refractivity contribution in [3.05, 3.63) is 34.1 Å². The summed E-state index contributed by atoms with van der Waals surface area (Å²) in [5, 5.41) is 7.22. The number of hydrogen-bond acceptors (Lipinski definition) is 5. The summed E-state index contributed by atoms with van der Waals surface area (Å²) in [4.78, 5) is 21.8. The normalized spacial score (nSPS) is 16.2. The number of fused-ring (bicyclic) bond motifs is 1. The van der Waals surface area contributed by atoms with E-state index in [1.807, 2.05) is 25.1 Å². The number of hydrogen-bond donors (Lipinski definition) is 3. The van der Waals surface area contributed by atoms with E-state index < -0.39 is 0 Å². The molecule has 112 valence electrons. The van der Waals surface area contributed by atoms with Crippen molar-refractivity contribution in [3.8, 4) is 0 Å². The predicted octanol–water partition coefficient (Wildman–Crippen LogP) is 0.549. The van der Waals surface area contributed by atoms with Gasteiger partial charge in [-0.25, -0.2) is 4.98 Å². The summed E-state index contributed by atoms with van der Waals surface area (Å²) in [6, 6.07) is 5.73. The van der Waals surface area contributed by atoms with Crippen molar-refractivity contribution in [1.29, 1.82) is 0 Å². The zero-order chi connectivity index (χ0) is 14.7. The molecule has 1 saturated heterocycles. The Kier molecular flexibility index (Phi) is 4.17. The van der Waals surface area contributed by atoms with Crippen LogP contribution in [-0.4, -0.2) is 54.1 Å². The Morgan fingerprint density at radius 1 is 1.33 bits per heavy atom. The van der Waals surface area contributed by atoms with E-state index in [0.29, 0.717) is 11.3 Å². The predicted molar refractivity (Wildman–Crippen MR) is 84.9 cm³/mol. The van der Waals surface area contributed by atoms with Crippen LogP contribution in [0, 0.1) is 6.92 Å². The number of aromatic amines is 1. The first-order chi connectivity index (χ1) is 10.2. The maximum absolute atomic E-state index is 12.1. The quantitative estimate of drug-likeness (QED) is 0.766. The average Bonchev–Trinajstić information content (AvgIpc) is 2.48. The highest BCUT2D eigenvalue weighted by Gasteiger charge is 2.09. The van der Waals surface area contributed by atoms with Crippen molar-refractivity contribution >= 4 is 16.9 Å². The number of anilines is 1. The fourth-order valence-corrected chi connectivity index (χ4v) is 2.71. The van der Waals surface area contributed by atoms with Crippen LogP contribution >= 0.6 is 0 Å². The van der Waals surface area contributed by atoms with Gasteiger partial charge in [0.15, 0.2) is 0 Å². The molecule has 6 nitrogen and oxygen atoms in total. The summed E-state index contributed by atoms with van der Waals surface area (Å²) in [6.07, 6.45) is 0. The molecule has 0 spiro atoms. The number of H-pyrrole nitrogens is 1. The maximum atomic E-state index is 12.1. The van der Waals surface area contributed by atoms with Crippen LogP contribution in [0.2, 0.25) is 0 Å². The van der Waals surface area contributed by atoms with Gasteiger partial charge in [0, 0.05) is 39.3 Å². The zero-order valence-electron chi connectivity index (χ0n) is 12.3. The van der Waals surface area contributed by atoms with Gasteiger partial charge >= 0.3 is 0 Å². The minimum atomic E-state index is -0.0808. The number of benzene rings is 1. The van der Waals surface area contributed by atoms with Crippen LogP contribution < -0.4 is 16.2 Å². The lowest BCUT2D eigenvalue weighted by atomic mass is 10.1.